The second kappa shape index (κ2) is 1.81. The van der Waals surface area contributed by atoms with Crippen LogP contribution in [-0.2, 0) is 14.6 Å². The molecule has 1 aliphatic heterocycles. The van der Waals surface area contributed by atoms with Gasteiger partial charge in [0, 0.05) is 11.8 Å². The molecule has 1 saturated heterocycles. The second-order valence-electron chi connectivity index (χ2n) is 6.03. The first kappa shape index (κ1) is 7.82. The van der Waals surface area contributed by atoms with Gasteiger partial charge in [-0.05, 0) is 36.5 Å². The SMILES string of the molecule is O=C1[C@@H]2[C@H]3[C@@H]4CC[C@H]5[C@@H]3[C@H]2S(=O)(=O)[C@H]5[C@@H]14. The minimum atomic E-state index is -2.92. The molecule has 6 bridgehead atoms. The third-order valence-corrected chi connectivity index (χ3v) is 8.84. The summed E-state index contributed by atoms with van der Waals surface area (Å²) in [5, 5.41) is -0.472. The van der Waals surface area contributed by atoms with Gasteiger partial charge in [0.15, 0.2) is 9.84 Å². The highest BCUT2D eigenvalue weighted by Crippen LogP contribution is 2.76. The molecular formula is C11H12O3S. The number of fused-ring (bicyclic) bond motifs is 2. The molecule has 6 rings (SSSR count). The molecule has 1 heterocycles. The van der Waals surface area contributed by atoms with Crippen molar-refractivity contribution in [3.8, 4) is 0 Å². The fourth-order valence-electron chi connectivity index (χ4n) is 5.93. The molecule has 0 amide bonds. The Hall–Kier alpha value is -0.380. The van der Waals surface area contributed by atoms with E-state index in [1.165, 1.54) is 0 Å². The van der Waals surface area contributed by atoms with Crippen molar-refractivity contribution in [2.45, 2.75) is 23.3 Å². The Kier molecular flexibility index (Phi) is 0.944. The van der Waals surface area contributed by atoms with E-state index in [0.29, 0.717) is 29.5 Å². The summed E-state index contributed by atoms with van der Waals surface area (Å²) in [4.78, 5) is 12.1. The first-order chi connectivity index (χ1) is 7.14. The highest BCUT2D eigenvalue weighted by Gasteiger charge is 2.83. The molecule has 0 spiro atoms. The summed E-state index contributed by atoms with van der Waals surface area (Å²) in [6.07, 6.45) is 2.19. The van der Waals surface area contributed by atoms with Crippen LogP contribution in [0.25, 0.3) is 0 Å². The summed E-state index contributed by atoms with van der Waals surface area (Å²) < 4.78 is 24.5. The van der Waals surface area contributed by atoms with Crippen LogP contribution in [-0.4, -0.2) is 24.7 Å². The number of ketones is 1. The highest BCUT2D eigenvalue weighted by atomic mass is 32.2. The fourth-order valence-corrected chi connectivity index (χ4v) is 9.39. The van der Waals surface area contributed by atoms with E-state index < -0.39 is 9.84 Å². The third kappa shape index (κ3) is 0.500. The Morgan fingerprint density at radius 3 is 2.47 bits per heavy atom. The number of sulfone groups is 1. The van der Waals surface area contributed by atoms with Gasteiger partial charge in [0.2, 0.25) is 0 Å². The first-order valence-corrected chi connectivity index (χ1v) is 7.51. The molecular weight excluding hydrogens is 212 g/mol. The van der Waals surface area contributed by atoms with Crippen LogP contribution in [0.5, 0.6) is 0 Å². The maximum absolute atomic E-state index is 12.2. The minimum Gasteiger partial charge on any atom is -0.299 e. The lowest BCUT2D eigenvalue weighted by molar-refractivity contribution is -0.126. The van der Waals surface area contributed by atoms with E-state index in [9.17, 15) is 13.2 Å². The van der Waals surface area contributed by atoms with Gasteiger partial charge in [0.25, 0.3) is 0 Å². The predicted molar refractivity (Wildman–Crippen MR) is 51.7 cm³/mol. The summed E-state index contributed by atoms with van der Waals surface area (Å²) in [5.41, 5.74) is 0. The van der Waals surface area contributed by atoms with Crippen molar-refractivity contribution in [1.29, 1.82) is 0 Å². The largest absolute Gasteiger partial charge is 0.299 e. The van der Waals surface area contributed by atoms with Crippen molar-refractivity contribution in [3.63, 3.8) is 0 Å². The average Bonchev–Trinajstić information content (AvgIpc) is 2.36. The summed E-state index contributed by atoms with van der Waals surface area (Å²) in [7, 11) is -2.92. The second-order valence-corrected chi connectivity index (χ2v) is 8.30. The zero-order chi connectivity index (χ0) is 10.1. The monoisotopic (exact) mass is 224 g/mol. The van der Waals surface area contributed by atoms with Crippen molar-refractivity contribution in [3.05, 3.63) is 0 Å². The van der Waals surface area contributed by atoms with E-state index in [1.807, 2.05) is 0 Å². The molecule has 3 nitrogen and oxygen atoms in total. The molecule has 5 aliphatic carbocycles. The summed E-state index contributed by atoms with van der Waals surface area (Å²) in [6.45, 7) is 0. The van der Waals surface area contributed by atoms with Crippen molar-refractivity contribution < 1.29 is 13.2 Å². The van der Waals surface area contributed by atoms with Crippen molar-refractivity contribution in [1.82, 2.24) is 0 Å². The molecule has 15 heavy (non-hydrogen) atoms. The maximum Gasteiger partial charge on any atom is 0.158 e. The Morgan fingerprint density at radius 2 is 1.67 bits per heavy atom. The van der Waals surface area contributed by atoms with Crippen LogP contribution in [0.3, 0.4) is 0 Å². The summed E-state index contributed by atoms with van der Waals surface area (Å²) >= 11 is 0. The smallest absolute Gasteiger partial charge is 0.158 e. The van der Waals surface area contributed by atoms with E-state index in [0.717, 1.165) is 12.8 Å². The zero-order valence-corrected chi connectivity index (χ0v) is 8.98. The summed E-state index contributed by atoms with van der Waals surface area (Å²) in [5.74, 6) is 1.90. The molecule has 0 N–H and O–H groups in total. The Morgan fingerprint density at radius 1 is 0.933 bits per heavy atom. The number of hydrogen-bond acceptors (Lipinski definition) is 3. The topological polar surface area (TPSA) is 51.2 Å². The summed E-state index contributed by atoms with van der Waals surface area (Å²) in [6, 6.07) is 0. The third-order valence-electron chi connectivity index (χ3n) is 6.07. The van der Waals surface area contributed by atoms with Crippen molar-refractivity contribution in [2.75, 3.05) is 0 Å². The molecule has 4 heteroatoms. The molecule has 80 valence electrons. The highest BCUT2D eigenvalue weighted by molar-refractivity contribution is 7.93. The first-order valence-electron chi connectivity index (χ1n) is 5.90. The number of carbonyl (C=O) groups is 1. The van der Waals surface area contributed by atoms with E-state index in [-0.39, 0.29) is 22.3 Å². The minimum absolute atomic E-state index is 0.0588. The standard InChI is InChI=1S/C11H12O3S/c12-9-7-3-1-2-4-6-5(3)8(9)11(6)15(13,14)10(4)7/h3-8,10-11H,1-2H2/t3-,4-,5-,6-,7+,8-,10+,11+/m0/s1. The molecule has 0 aromatic rings. The quantitative estimate of drug-likeness (QED) is 0.593. The van der Waals surface area contributed by atoms with Crippen LogP contribution in [0.15, 0.2) is 0 Å². The van der Waals surface area contributed by atoms with Gasteiger partial charge in [-0.1, -0.05) is 0 Å². The van der Waals surface area contributed by atoms with Gasteiger partial charge in [-0.2, -0.15) is 0 Å². The number of Topliss-reactive ketones (excluding diaryl/α,β-unsaturated/α-hetero) is 1. The molecule has 5 saturated carbocycles. The predicted octanol–water partition coefficient (Wildman–Crippen LogP) is 0.253. The molecule has 0 radical (unpaired) electrons. The van der Waals surface area contributed by atoms with Crippen LogP contribution in [0.2, 0.25) is 0 Å². The Labute approximate surface area is 88.1 Å². The maximum atomic E-state index is 12.2. The molecule has 0 aromatic carbocycles. The lowest BCUT2D eigenvalue weighted by Crippen LogP contribution is -2.55. The van der Waals surface area contributed by atoms with Gasteiger partial charge in [-0.25, -0.2) is 8.42 Å². The molecule has 6 aliphatic rings. The Bertz CT molecular complexity index is 508. The normalized spacial score (nSPS) is 70.0. The van der Waals surface area contributed by atoms with Crippen LogP contribution < -0.4 is 0 Å². The van der Waals surface area contributed by atoms with Gasteiger partial charge < -0.3 is 0 Å². The van der Waals surface area contributed by atoms with Crippen LogP contribution in [0.4, 0.5) is 0 Å². The number of hydrogen-bond donors (Lipinski definition) is 0. The van der Waals surface area contributed by atoms with E-state index >= 15 is 0 Å². The van der Waals surface area contributed by atoms with Crippen LogP contribution in [0, 0.1) is 35.5 Å². The Balaban J connectivity index is 1.90. The van der Waals surface area contributed by atoms with E-state index in [2.05, 4.69) is 0 Å². The van der Waals surface area contributed by atoms with E-state index in [4.69, 9.17) is 0 Å². The van der Waals surface area contributed by atoms with Crippen molar-refractivity contribution in [2.24, 2.45) is 35.5 Å². The van der Waals surface area contributed by atoms with Gasteiger partial charge >= 0.3 is 0 Å². The zero-order valence-electron chi connectivity index (χ0n) is 8.17. The number of rotatable bonds is 0. The molecule has 0 aromatic heterocycles. The molecule has 0 unspecified atom stereocenters. The van der Waals surface area contributed by atoms with Gasteiger partial charge in [0.05, 0.1) is 10.5 Å². The van der Waals surface area contributed by atoms with Crippen LogP contribution >= 0.6 is 0 Å². The van der Waals surface area contributed by atoms with E-state index in [1.54, 1.807) is 0 Å². The molecule has 8 atom stereocenters. The lowest BCUT2D eigenvalue weighted by atomic mass is 9.50. The lowest BCUT2D eigenvalue weighted by Gasteiger charge is -2.52. The van der Waals surface area contributed by atoms with Gasteiger partial charge in [-0.3, -0.25) is 4.79 Å². The van der Waals surface area contributed by atoms with Gasteiger partial charge in [-0.15, -0.1) is 0 Å². The molecule has 6 fully saturated rings. The van der Waals surface area contributed by atoms with Gasteiger partial charge in [0.1, 0.15) is 5.78 Å². The fraction of sp³-hybridized carbons (Fsp3) is 0.909. The number of carbonyl (C=O) groups excluding carboxylic acids is 1. The van der Waals surface area contributed by atoms with Crippen LogP contribution in [0.1, 0.15) is 12.8 Å². The average molecular weight is 224 g/mol. The van der Waals surface area contributed by atoms with Crippen molar-refractivity contribution >= 4 is 15.6 Å².